The number of unbranched alkanes of at least 4 members (excludes halogenated alkanes) is 1. The molecule has 0 aliphatic carbocycles. The van der Waals surface area contributed by atoms with Gasteiger partial charge in [-0.2, -0.15) is 0 Å². The molecule has 0 saturated heterocycles. The smallest absolute Gasteiger partial charge is 0.222 e. The first kappa shape index (κ1) is 12.6. The molecule has 0 aromatic carbocycles. The van der Waals surface area contributed by atoms with Gasteiger partial charge in [-0.25, -0.2) is 9.97 Å². The molecule has 3 nitrogen and oxygen atoms in total. The molecule has 0 radical (unpaired) electrons. The number of aromatic nitrogens is 2. The van der Waals surface area contributed by atoms with Gasteiger partial charge in [0.2, 0.25) is 5.95 Å². The highest BCUT2D eigenvalue weighted by molar-refractivity contribution is 7.99. The lowest BCUT2D eigenvalue weighted by molar-refractivity contribution is 0.895. The van der Waals surface area contributed by atoms with Crippen molar-refractivity contribution in [3.8, 4) is 0 Å². The second kappa shape index (κ2) is 5.69. The number of hydrogen-bond donors (Lipinski definition) is 1. The Kier molecular flexibility index (Phi) is 4.23. The van der Waals surface area contributed by atoms with Gasteiger partial charge in [-0.15, -0.1) is 23.1 Å². The average Bonchev–Trinajstić information content (AvgIpc) is 2.72. The minimum Gasteiger partial charge on any atom is -0.368 e. The van der Waals surface area contributed by atoms with Crippen LogP contribution < -0.4 is 5.73 Å². The van der Waals surface area contributed by atoms with Crippen molar-refractivity contribution in [2.75, 3.05) is 11.5 Å². The van der Waals surface area contributed by atoms with Gasteiger partial charge in [0.15, 0.2) is 0 Å². The topological polar surface area (TPSA) is 51.8 Å². The third-order valence-electron chi connectivity index (χ3n) is 2.51. The molecule has 2 aromatic heterocycles. The van der Waals surface area contributed by atoms with Crippen LogP contribution in [0.1, 0.15) is 31.6 Å². The van der Waals surface area contributed by atoms with Crippen LogP contribution in [-0.4, -0.2) is 15.7 Å². The van der Waals surface area contributed by atoms with E-state index in [1.165, 1.54) is 23.1 Å². The molecule has 92 valence electrons. The summed E-state index contributed by atoms with van der Waals surface area (Å²) in [6.45, 7) is 4.36. The van der Waals surface area contributed by atoms with Crippen LogP contribution in [0.3, 0.4) is 0 Å². The summed E-state index contributed by atoms with van der Waals surface area (Å²) in [6, 6.07) is 2.20. The fourth-order valence-corrected chi connectivity index (χ4v) is 3.69. The van der Waals surface area contributed by atoms with E-state index < -0.39 is 0 Å². The number of fused-ring (bicyclic) bond motifs is 1. The summed E-state index contributed by atoms with van der Waals surface area (Å²) in [5, 5.41) is 2.21. The van der Waals surface area contributed by atoms with E-state index in [-0.39, 0.29) is 0 Å². The first-order valence-corrected chi connectivity index (χ1v) is 7.73. The summed E-state index contributed by atoms with van der Waals surface area (Å²) in [6.07, 6.45) is 3.46. The van der Waals surface area contributed by atoms with E-state index in [2.05, 4.69) is 29.9 Å². The Balaban J connectivity index is 2.34. The highest BCUT2D eigenvalue weighted by Crippen LogP contribution is 2.32. The van der Waals surface area contributed by atoms with E-state index in [1.807, 2.05) is 0 Å². The highest BCUT2D eigenvalue weighted by Gasteiger charge is 2.10. The molecular formula is C12H17N3S2. The van der Waals surface area contributed by atoms with E-state index in [9.17, 15) is 0 Å². The zero-order valence-electron chi connectivity index (χ0n) is 10.2. The van der Waals surface area contributed by atoms with E-state index in [0.717, 1.165) is 22.0 Å². The zero-order chi connectivity index (χ0) is 12.3. The van der Waals surface area contributed by atoms with Crippen molar-refractivity contribution in [1.82, 2.24) is 9.97 Å². The fourth-order valence-electron chi connectivity index (χ4n) is 1.56. The molecule has 17 heavy (non-hydrogen) atoms. The Bertz CT molecular complexity index is 508. The predicted octanol–water partition coefficient (Wildman–Crippen LogP) is 3.73. The molecule has 0 bridgehead atoms. The van der Waals surface area contributed by atoms with Gasteiger partial charge >= 0.3 is 0 Å². The quantitative estimate of drug-likeness (QED) is 0.509. The number of thioether (sulfide) groups is 1. The van der Waals surface area contributed by atoms with Crippen LogP contribution in [0.15, 0.2) is 11.1 Å². The predicted molar refractivity (Wildman–Crippen MR) is 76.8 cm³/mol. The molecule has 2 rings (SSSR count). The summed E-state index contributed by atoms with van der Waals surface area (Å²) < 4.78 is 0. The van der Waals surface area contributed by atoms with Crippen LogP contribution in [-0.2, 0) is 6.42 Å². The molecule has 5 heteroatoms. The maximum Gasteiger partial charge on any atom is 0.222 e. The fraction of sp³-hybridized carbons (Fsp3) is 0.500. The number of anilines is 1. The maximum atomic E-state index is 5.75. The van der Waals surface area contributed by atoms with Crippen LogP contribution in [0.25, 0.3) is 10.2 Å². The summed E-state index contributed by atoms with van der Waals surface area (Å²) in [5.41, 5.74) is 5.75. The number of nitrogens with two attached hydrogens (primary N) is 1. The van der Waals surface area contributed by atoms with E-state index in [1.54, 1.807) is 23.1 Å². The minimum atomic E-state index is 0.390. The van der Waals surface area contributed by atoms with Gasteiger partial charge in [0.05, 0.1) is 0 Å². The third-order valence-corrected chi connectivity index (χ3v) is 4.76. The van der Waals surface area contributed by atoms with Crippen LogP contribution in [0.2, 0.25) is 0 Å². The molecule has 2 aromatic rings. The second-order valence-electron chi connectivity index (χ2n) is 3.87. The van der Waals surface area contributed by atoms with Gasteiger partial charge in [0.25, 0.3) is 0 Å². The Hall–Kier alpha value is -0.810. The lowest BCUT2D eigenvalue weighted by atomic mass is 10.3. The van der Waals surface area contributed by atoms with Crippen molar-refractivity contribution in [3.63, 3.8) is 0 Å². The Labute approximate surface area is 110 Å². The standard InChI is InChI=1S/C12H17N3S2/c1-3-5-6-16-10-9-7-8(4-2)17-11(9)15-12(13)14-10/h7H,3-6H2,1-2H3,(H2,13,14,15). The molecular weight excluding hydrogens is 250 g/mol. The van der Waals surface area contributed by atoms with E-state index >= 15 is 0 Å². The lowest BCUT2D eigenvalue weighted by Gasteiger charge is -2.02. The van der Waals surface area contributed by atoms with Gasteiger partial charge in [-0.3, -0.25) is 0 Å². The number of rotatable bonds is 5. The van der Waals surface area contributed by atoms with Crippen LogP contribution in [0.4, 0.5) is 5.95 Å². The molecule has 0 atom stereocenters. The molecule has 0 aliphatic heterocycles. The van der Waals surface area contributed by atoms with Crippen molar-refractivity contribution in [2.24, 2.45) is 0 Å². The van der Waals surface area contributed by atoms with Crippen molar-refractivity contribution in [2.45, 2.75) is 38.1 Å². The van der Waals surface area contributed by atoms with Crippen molar-refractivity contribution in [3.05, 3.63) is 10.9 Å². The van der Waals surface area contributed by atoms with Crippen LogP contribution in [0, 0.1) is 0 Å². The Morgan fingerprint density at radius 1 is 1.35 bits per heavy atom. The average molecular weight is 267 g/mol. The lowest BCUT2D eigenvalue weighted by Crippen LogP contribution is -1.95. The molecule has 0 spiro atoms. The summed E-state index contributed by atoms with van der Waals surface area (Å²) in [5.74, 6) is 1.49. The van der Waals surface area contributed by atoms with E-state index in [4.69, 9.17) is 5.73 Å². The van der Waals surface area contributed by atoms with Crippen LogP contribution >= 0.6 is 23.1 Å². The summed E-state index contributed by atoms with van der Waals surface area (Å²) in [4.78, 5) is 11.0. The van der Waals surface area contributed by atoms with Crippen molar-refractivity contribution < 1.29 is 0 Å². The molecule has 2 heterocycles. The molecule has 2 N–H and O–H groups in total. The Morgan fingerprint density at radius 3 is 2.88 bits per heavy atom. The van der Waals surface area contributed by atoms with Gasteiger partial charge in [0, 0.05) is 10.3 Å². The van der Waals surface area contributed by atoms with E-state index in [0.29, 0.717) is 5.95 Å². The van der Waals surface area contributed by atoms with Crippen LogP contribution in [0.5, 0.6) is 0 Å². The molecule has 0 saturated carbocycles. The first-order chi connectivity index (χ1) is 8.24. The maximum absolute atomic E-state index is 5.75. The number of aryl methyl sites for hydroxylation is 1. The molecule has 0 aliphatic rings. The van der Waals surface area contributed by atoms with Gasteiger partial charge in [0.1, 0.15) is 9.86 Å². The highest BCUT2D eigenvalue weighted by atomic mass is 32.2. The monoisotopic (exact) mass is 267 g/mol. The second-order valence-corrected chi connectivity index (χ2v) is 6.07. The first-order valence-electron chi connectivity index (χ1n) is 5.93. The number of nitrogens with zero attached hydrogens (tertiary/aromatic N) is 2. The van der Waals surface area contributed by atoms with Crippen molar-refractivity contribution >= 4 is 39.3 Å². The number of hydrogen-bond acceptors (Lipinski definition) is 5. The van der Waals surface area contributed by atoms with Gasteiger partial charge in [-0.1, -0.05) is 20.3 Å². The van der Waals surface area contributed by atoms with Gasteiger partial charge < -0.3 is 5.73 Å². The van der Waals surface area contributed by atoms with Crippen molar-refractivity contribution in [1.29, 1.82) is 0 Å². The number of nitrogen functional groups attached to an aromatic ring is 1. The largest absolute Gasteiger partial charge is 0.368 e. The SMILES string of the molecule is CCCCSc1nc(N)nc2sc(CC)cc12. The molecule has 0 unspecified atom stereocenters. The normalized spacial score (nSPS) is 11.2. The summed E-state index contributed by atoms with van der Waals surface area (Å²) >= 11 is 3.51. The third kappa shape index (κ3) is 2.90. The van der Waals surface area contributed by atoms with Gasteiger partial charge in [-0.05, 0) is 24.7 Å². The number of thiophene rings is 1. The Morgan fingerprint density at radius 2 is 2.18 bits per heavy atom. The molecule has 0 amide bonds. The molecule has 0 fully saturated rings. The zero-order valence-corrected chi connectivity index (χ0v) is 11.8. The summed E-state index contributed by atoms with van der Waals surface area (Å²) in [7, 11) is 0. The minimum absolute atomic E-state index is 0.390.